The minimum atomic E-state index is -4.97. The van der Waals surface area contributed by atoms with Gasteiger partial charge in [-0.1, -0.05) is 426 Å². The maximum Gasteiger partial charge on any atom is 0.472 e. The van der Waals surface area contributed by atoms with Crippen LogP contribution in [0.25, 0.3) is 0 Å². The summed E-state index contributed by atoms with van der Waals surface area (Å²) in [4.78, 5) is 73.3. The van der Waals surface area contributed by atoms with Crippen molar-refractivity contribution in [3.63, 3.8) is 0 Å². The second-order valence-corrected chi connectivity index (χ2v) is 35.0. The number of carbonyl (C=O) groups excluding carboxylic acids is 4. The third-order valence-corrected chi connectivity index (χ3v) is 22.7. The molecule has 0 aliphatic carbocycles. The number of unbranched alkanes of at least 4 members (excludes halogenated alkanes) is 60. The van der Waals surface area contributed by atoms with Crippen molar-refractivity contribution in [2.45, 2.75) is 496 Å². The van der Waals surface area contributed by atoms with Gasteiger partial charge in [0.05, 0.1) is 26.4 Å². The van der Waals surface area contributed by atoms with E-state index in [-0.39, 0.29) is 25.7 Å². The summed E-state index contributed by atoms with van der Waals surface area (Å²) >= 11 is 0. The van der Waals surface area contributed by atoms with Gasteiger partial charge in [-0.05, 0) is 31.6 Å². The summed E-state index contributed by atoms with van der Waals surface area (Å²) in [5.41, 5.74) is 0. The van der Waals surface area contributed by atoms with Crippen molar-refractivity contribution in [3.8, 4) is 0 Å². The molecule has 0 aliphatic heterocycles. The summed E-state index contributed by atoms with van der Waals surface area (Å²) < 4.78 is 68.9. The fourth-order valence-corrected chi connectivity index (χ4v) is 15.4. The molecule has 0 amide bonds. The molecule has 0 fully saturated rings. The van der Waals surface area contributed by atoms with Crippen LogP contribution in [0.15, 0.2) is 0 Å². The number of phosphoric ester groups is 2. The average molecular weight is 1560 g/mol. The first-order valence-electron chi connectivity index (χ1n) is 45.6. The SMILES string of the molecule is CCCCCCCCCCCCCCCCCCCCCCCCC(=O)O[C@H](COC(=O)CCCCCCCCCCCCCCCCCCCCCC)COP(=O)(O)OC[C@@H](O)COP(=O)(O)OC[C@@H](COC(=O)CCCCCCCCCCCCCC)OC(=O)CCCCCCCCCCCCC(C)C. The molecule has 0 radical (unpaired) electrons. The summed E-state index contributed by atoms with van der Waals surface area (Å²) in [5.74, 6) is -1.35. The molecule has 0 aromatic rings. The van der Waals surface area contributed by atoms with E-state index in [0.717, 1.165) is 95.8 Å². The molecule has 3 N–H and O–H groups in total. The Labute approximate surface area is 658 Å². The van der Waals surface area contributed by atoms with Gasteiger partial charge in [0.1, 0.15) is 19.3 Å². The fraction of sp³-hybridized carbons (Fsp3) is 0.955. The van der Waals surface area contributed by atoms with Crippen LogP contribution in [0.5, 0.6) is 0 Å². The van der Waals surface area contributed by atoms with Crippen LogP contribution in [0.3, 0.4) is 0 Å². The Hall–Kier alpha value is -1.94. The highest BCUT2D eigenvalue weighted by atomic mass is 31.2. The zero-order valence-corrected chi connectivity index (χ0v) is 72.1. The topological polar surface area (TPSA) is 237 Å². The predicted octanol–water partition coefficient (Wildman–Crippen LogP) is 27.2. The normalized spacial score (nSPS) is 13.7. The minimum Gasteiger partial charge on any atom is -0.462 e. The lowest BCUT2D eigenvalue weighted by Crippen LogP contribution is -2.30. The molecule has 19 heteroatoms. The number of esters is 4. The van der Waals surface area contributed by atoms with Crippen molar-refractivity contribution in [1.82, 2.24) is 0 Å². The predicted molar refractivity (Wildman–Crippen MR) is 442 cm³/mol. The van der Waals surface area contributed by atoms with E-state index in [1.807, 2.05) is 0 Å². The second kappa shape index (κ2) is 80.7. The first kappa shape index (κ1) is 105. The summed E-state index contributed by atoms with van der Waals surface area (Å²) in [7, 11) is -9.93. The molecule has 5 atom stereocenters. The highest BCUT2D eigenvalue weighted by Gasteiger charge is 2.30. The first-order valence-corrected chi connectivity index (χ1v) is 48.6. The molecule has 0 heterocycles. The van der Waals surface area contributed by atoms with Gasteiger partial charge in [0.15, 0.2) is 12.2 Å². The van der Waals surface area contributed by atoms with Crippen molar-refractivity contribution >= 4 is 39.5 Å². The van der Waals surface area contributed by atoms with Gasteiger partial charge in [0.2, 0.25) is 0 Å². The molecule has 0 spiro atoms. The monoisotopic (exact) mass is 1560 g/mol. The van der Waals surface area contributed by atoms with E-state index >= 15 is 0 Å². The zero-order chi connectivity index (χ0) is 78.3. The minimum absolute atomic E-state index is 0.107. The van der Waals surface area contributed by atoms with Crippen molar-refractivity contribution in [2.24, 2.45) is 5.92 Å². The number of aliphatic hydroxyl groups excluding tert-OH is 1. The number of hydrogen-bond donors (Lipinski definition) is 3. The highest BCUT2D eigenvalue weighted by Crippen LogP contribution is 2.45. The van der Waals surface area contributed by atoms with E-state index in [1.54, 1.807) is 0 Å². The Kier molecular flexibility index (Phi) is 79.2. The maximum absolute atomic E-state index is 13.2. The van der Waals surface area contributed by atoms with Crippen LogP contribution >= 0.6 is 15.6 Å². The van der Waals surface area contributed by atoms with Crippen LogP contribution in [0.1, 0.15) is 478 Å². The third-order valence-electron chi connectivity index (χ3n) is 20.8. The van der Waals surface area contributed by atoms with Gasteiger partial charge in [0, 0.05) is 25.7 Å². The van der Waals surface area contributed by atoms with Crippen molar-refractivity contribution in [3.05, 3.63) is 0 Å². The lowest BCUT2D eigenvalue weighted by molar-refractivity contribution is -0.161. The van der Waals surface area contributed by atoms with Crippen LogP contribution < -0.4 is 0 Å². The molecule has 636 valence electrons. The third kappa shape index (κ3) is 81.9. The molecule has 107 heavy (non-hydrogen) atoms. The van der Waals surface area contributed by atoms with Gasteiger partial charge < -0.3 is 33.8 Å². The van der Waals surface area contributed by atoms with Gasteiger partial charge in [-0.25, -0.2) is 9.13 Å². The lowest BCUT2D eigenvalue weighted by atomic mass is 10.0. The Morgan fingerprint density at radius 2 is 0.430 bits per heavy atom. The molecular formula is C88H172O17P2. The molecule has 0 saturated heterocycles. The standard InChI is InChI=1S/C88H172O17P2/c1-6-9-12-15-18-21-24-27-29-31-33-35-36-38-40-42-44-47-53-58-63-68-73-87(92)104-83(77-99-86(91)72-67-62-57-52-46-43-41-39-37-34-32-30-28-25-22-19-16-13-10-7-2)79-102-106(94,95)100-75-82(89)76-101-107(96,97)103-80-84(78-98-85(90)71-66-61-56-51-45-26-23-20-17-14-11-8-3)105-88(93)74-69-64-59-54-49-48-50-55-60-65-70-81(4)5/h81-84,89H,6-80H2,1-5H3,(H,94,95)(H,96,97)/t82-,83-,84-/m1/s1. The number of hydrogen-bond acceptors (Lipinski definition) is 15. The molecule has 0 aliphatic rings. The molecule has 0 aromatic carbocycles. The number of rotatable bonds is 88. The molecule has 0 aromatic heterocycles. The van der Waals surface area contributed by atoms with Gasteiger partial charge in [-0.2, -0.15) is 0 Å². The Balaban J connectivity index is 5.22. The highest BCUT2D eigenvalue weighted by molar-refractivity contribution is 7.47. The molecule has 0 bridgehead atoms. The Morgan fingerprint density at radius 3 is 0.636 bits per heavy atom. The maximum atomic E-state index is 13.2. The molecule has 0 saturated carbocycles. The van der Waals surface area contributed by atoms with Crippen LogP contribution in [-0.2, 0) is 65.4 Å². The summed E-state index contributed by atoms with van der Waals surface area (Å²) in [6.45, 7) is 7.36. The fourth-order valence-electron chi connectivity index (χ4n) is 13.8. The van der Waals surface area contributed by atoms with E-state index in [0.29, 0.717) is 25.7 Å². The van der Waals surface area contributed by atoms with E-state index in [2.05, 4.69) is 34.6 Å². The van der Waals surface area contributed by atoms with Crippen LogP contribution in [0.4, 0.5) is 0 Å². The smallest absolute Gasteiger partial charge is 0.462 e. The van der Waals surface area contributed by atoms with E-state index in [4.69, 9.17) is 37.0 Å². The molecule has 17 nitrogen and oxygen atoms in total. The van der Waals surface area contributed by atoms with Crippen LogP contribution in [-0.4, -0.2) is 96.7 Å². The summed E-state index contributed by atoms with van der Waals surface area (Å²) in [6, 6.07) is 0. The van der Waals surface area contributed by atoms with Gasteiger partial charge >= 0.3 is 39.5 Å². The second-order valence-electron chi connectivity index (χ2n) is 32.1. The number of aliphatic hydroxyl groups is 1. The van der Waals surface area contributed by atoms with Crippen LogP contribution in [0.2, 0.25) is 0 Å². The van der Waals surface area contributed by atoms with Gasteiger partial charge in [0.25, 0.3) is 0 Å². The van der Waals surface area contributed by atoms with Gasteiger partial charge in [-0.3, -0.25) is 37.3 Å². The van der Waals surface area contributed by atoms with Crippen LogP contribution in [0, 0.1) is 5.92 Å². The quantitative estimate of drug-likeness (QED) is 0.0222. The average Bonchev–Trinajstić information content (AvgIpc) is 0.904. The molecule has 2 unspecified atom stereocenters. The largest absolute Gasteiger partial charge is 0.472 e. The van der Waals surface area contributed by atoms with E-state index in [1.165, 1.54) is 302 Å². The first-order chi connectivity index (χ1) is 52.0. The Morgan fingerprint density at radius 1 is 0.252 bits per heavy atom. The number of ether oxygens (including phenoxy) is 4. The summed E-state index contributed by atoms with van der Waals surface area (Å²) in [6.07, 6.45) is 75.1. The zero-order valence-electron chi connectivity index (χ0n) is 70.3. The van der Waals surface area contributed by atoms with Gasteiger partial charge in [-0.15, -0.1) is 0 Å². The number of phosphoric acid groups is 2. The lowest BCUT2D eigenvalue weighted by Gasteiger charge is -2.21. The van der Waals surface area contributed by atoms with E-state index in [9.17, 15) is 43.2 Å². The summed E-state index contributed by atoms with van der Waals surface area (Å²) in [5, 5.41) is 10.7. The van der Waals surface area contributed by atoms with Crippen molar-refractivity contribution < 1.29 is 80.2 Å². The molecular weight excluding hydrogens is 1390 g/mol. The van der Waals surface area contributed by atoms with E-state index < -0.39 is 97.5 Å². The van der Waals surface area contributed by atoms with Crippen molar-refractivity contribution in [2.75, 3.05) is 39.6 Å². The Bertz CT molecular complexity index is 2030. The van der Waals surface area contributed by atoms with Crippen molar-refractivity contribution in [1.29, 1.82) is 0 Å². The molecule has 0 rings (SSSR count). The number of carbonyl (C=O) groups is 4.